The van der Waals surface area contributed by atoms with Crippen molar-refractivity contribution in [3.05, 3.63) is 62.5 Å². The van der Waals surface area contributed by atoms with Gasteiger partial charge in [0.15, 0.2) is 5.43 Å². The lowest BCUT2D eigenvalue weighted by Crippen LogP contribution is -2.10. The fourth-order valence-electron chi connectivity index (χ4n) is 2.71. The molecule has 1 aromatic carbocycles. The molecule has 1 atom stereocenters. The number of aliphatic hydroxyl groups is 1. The van der Waals surface area contributed by atoms with E-state index in [2.05, 4.69) is 4.98 Å². The van der Waals surface area contributed by atoms with Gasteiger partial charge in [0.2, 0.25) is 0 Å². The molecule has 0 spiro atoms. The summed E-state index contributed by atoms with van der Waals surface area (Å²) in [6, 6.07) is 5.30. The summed E-state index contributed by atoms with van der Waals surface area (Å²) in [6.07, 6.45) is 2.44. The summed E-state index contributed by atoms with van der Waals surface area (Å²) in [5.74, 6) is 0.442. The van der Waals surface area contributed by atoms with Crippen LogP contribution in [-0.4, -0.2) is 10.1 Å². The number of halogens is 1. The normalized spacial score (nSPS) is 12.6. The van der Waals surface area contributed by atoms with E-state index in [9.17, 15) is 9.90 Å². The average molecular weight is 330 g/mol. The summed E-state index contributed by atoms with van der Waals surface area (Å²) in [6.45, 7) is 5.13. The zero-order chi connectivity index (χ0) is 16.7. The molecule has 0 fully saturated rings. The monoisotopic (exact) mass is 329 g/mol. The van der Waals surface area contributed by atoms with Gasteiger partial charge in [-0.25, -0.2) is 0 Å². The van der Waals surface area contributed by atoms with Gasteiger partial charge in [-0.2, -0.15) is 0 Å². The fraction of sp³-hybridized carbons (Fsp3) is 0.222. The number of rotatable bonds is 2. The predicted octanol–water partition coefficient (Wildman–Crippen LogP) is 4.18. The Bertz CT molecular complexity index is 946. The maximum atomic E-state index is 12.8. The third kappa shape index (κ3) is 2.54. The molecule has 118 valence electrons. The van der Waals surface area contributed by atoms with Crippen LogP contribution in [0.15, 0.2) is 39.8 Å². The molecule has 0 radical (unpaired) electrons. The number of aryl methyl sites for hydroxylation is 1. The van der Waals surface area contributed by atoms with Gasteiger partial charge in [0.05, 0.1) is 16.5 Å². The van der Waals surface area contributed by atoms with E-state index in [1.807, 2.05) is 6.07 Å². The van der Waals surface area contributed by atoms with Crippen molar-refractivity contribution < 1.29 is 9.52 Å². The first-order valence-corrected chi connectivity index (χ1v) is 7.64. The van der Waals surface area contributed by atoms with Crippen LogP contribution in [0.3, 0.4) is 0 Å². The second-order valence-electron chi connectivity index (χ2n) is 5.60. The lowest BCUT2D eigenvalue weighted by atomic mass is 10.00. The highest BCUT2D eigenvalue weighted by atomic mass is 35.5. The van der Waals surface area contributed by atoms with Gasteiger partial charge in [-0.3, -0.25) is 9.78 Å². The molecular weight excluding hydrogens is 314 g/mol. The topological polar surface area (TPSA) is 63.3 Å². The molecule has 3 rings (SSSR count). The van der Waals surface area contributed by atoms with Gasteiger partial charge in [0.25, 0.3) is 0 Å². The van der Waals surface area contributed by atoms with Crippen molar-refractivity contribution in [3.8, 4) is 11.3 Å². The Morgan fingerprint density at radius 3 is 2.70 bits per heavy atom. The predicted molar refractivity (Wildman–Crippen MR) is 90.8 cm³/mol. The fourth-order valence-corrected chi connectivity index (χ4v) is 3.01. The molecule has 0 saturated heterocycles. The molecule has 4 nitrogen and oxygen atoms in total. The first-order valence-electron chi connectivity index (χ1n) is 7.26. The zero-order valence-electron chi connectivity index (χ0n) is 13.1. The molecule has 0 saturated carbocycles. The summed E-state index contributed by atoms with van der Waals surface area (Å²) in [7, 11) is 0. The molecule has 5 heteroatoms. The van der Waals surface area contributed by atoms with Gasteiger partial charge < -0.3 is 9.52 Å². The van der Waals surface area contributed by atoms with Gasteiger partial charge >= 0.3 is 0 Å². The van der Waals surface area contributed by atoms with E-state index in [0.717, 1.165) is 5.56 Å². The van der Waals surface area contributed by atoms with E-state index in [1.165, 1.54) is 0 Å². The van der Waals surface area contributed by atoms with E-state index in [1.54, 1.807) is 45.3 Å². The minimum atomic E-state index is -0.850. The molecule has 0 amide bonds. The Balaban J connectivity index is 2.48. The van der Waals surface area contributed by atoms with Gasteiger partial charge in [-0.05, 0) is 44.5 Å². The van der Waals surface area contributed by atoms with Crippen LogP contribution in [0.1, 0.15) is 29.7 Å². The van der Waals surface area contributed by atoms with E-state index in [4.69, 9.17) is 16.0 Å². The number of aromatic nitrogens is 1. The molecule has 2 aromatic heterocycles. The molecule has 0 aliphatic rings. The molecule has 3 aromatic rings. The van der Waals surface area contributed by atoms with Gasteiger partial charge in [-0.15, -0.1) is 0 Å². The second-order valence-corrected chi connectivity index (χ2v) is 5.98. The van der Waals surface area contributed by atoms with Crippen molar-refractivity contribution in [1.29, 1.82) is 0 Å². The van der Waals surface area contributed by atoms with Gasteiger partial charge in [0.1, 0.15) is 11.3 Å². The van der Waals surface area contributed by atoms with Crippen LogP contribution in [0.4, 0.5) is 0 Å². The summed E-state index contributed by atoms with van der Waals surface area (Å²) in [5.41, 5.74) is 2.57. The van der Waals surface area contributed by atoms with Crippen molar-refractivity contribution >= 4 is 22.6 Å². The smallest absolute Gasteiger partial charge is 0.196 e. The van der Waals surface area contributed by atoms with E-state index in [0.29, 0.717) is 38.4 Å². The van der Waals surface area contributed by atoms with E-state index in [-0.39, 0.29) is 5.43 Å². The quantitative estimate of drug-likeness (QED) is 0.766. The number of hydrogen-bond acceptors (Lipinski definition) is 4. The highest BCUT2D eigenvalue weighted by Crippen LogP contribution is 2.35. The number of fused-ring (bicyclic) bond motifs is 1. The Morgan fingerprint density at radius 1 is 1.35 bits per heavy atom. The van der Waals surface area contributed by atoms with Gasteiger partial charge in [0, 0.05) is 29.1 Å². The Hall–Kier alpha value is -2.17. The van der Waals surface area contributed by atoms with Crippen molar-refractivity contribution in [2.24, 2.45) is 0 Å². The summed E-state index contributed by atoms with van der Waals surface area (Å²) < 4.78 is 6.00. The molecule has 0 aliphatic carbocycles. The highest BCUT2D eigenvalue weighted by molar-refractivity contribution is 6.33. The minimum Gasteiger partial charge on any atom is -0.455 e. The lowest BCUT2D eigenvalue weighted by molar-refractivity contribution is 0.199. The minimum absolute atomic E-state index is 0.133. The number of nitrogens with zero attached hydrogens (tertiary/aromatic N) is 1. The van der Waals surface area contributed by atoms with Crippen LogP contribution in [0.5, 0.6) is 0 Å². The molecule has 0 bridgehead atoms. The van der Waals surface area contributed by atoms with Crippen molar-refractivity contribution in [1.82, 2.24) is 4.98 Å². The average Bonchev–Trinajstić information content (AvgIpc) is 2.53. The highest BCUT2D eigenvalue weighted by Gasteiger charge is 2.21. The summed E-state index contributed by atoms with van der Waals surface area (Å²) >= 11 is 6.32. The first-order chi connectivity index (χ1) is 10.9. The maximum Gasteiger partial charge on any atom is 0.196 e. The van der Waals surface area contributed by atoms with Crippen molar-refractivity contribution in [2.75, 3.05) is 0 Å². The van der Waals surface area contributed by atoms with Crippen LogP contribution in [-0.2, 0) is 0 Å². The molecule has 23 heavy (non-hydrogen) atoms. The lowest BCUT2D eigenvalue weighted by Gasteiger charge is -2.15. The third-order valence-electron chi connectivity index (χ3n) is 3.90. The van der Waals surface area contributed by atoms with Crippen LogP contribution in [0.2, 0.25) is 5.02 Å². The molecule has 1 N–H and O–H groups in total. The summed E-state index contributed by atoms with van der Waals surface area (Å²) in [4.78, 5) is 16.8. The Kier molecular flexibility index (Phi) is 3.96. The Labute approximate surface area is 138 Å². The number of aliphatic hydroxyl groups excluding tert-OH is 1. The zero-order valence-corrected chi connectivity index (χ0v) is 13.8. The SMILES string of the molecule is Cc1cc2c(=O)c(C)c(-c3cccnc3)oc2c(C(C)O)c1Cl. The van der Waals surface area contributed by atoms with Crippen LogP contribution in [0, 0.1) is 13.8 Å². The van der Waals surface area contributed by atoms with Crippen LogP contribution in [0.25, 0.3) is 22.3 Å². The third-order valence-corrected chi connectivity index (χ3v) is 4.41. The second kappa shape index (κ2) is 5.80. The first kappa shape index (κ1) is 15.7. The number of benzene rings is 1. The molecule has 0 aliphatic heterocycles. The van der Waals surface area contributed by atoms with E-state index >= 15 is 0 Å². The number of hydrogen-bond donors (Lipinski definition) is 1. The Morgan fingerprint density at radius 2 is 2.09 bits per heavy atom. The molecule has 2 heterocycles. The van der Waals surface area contributed by atoms with Crippen molar-refractivity contribution in [3.63, 3.8) is 0 Å². The van der Waals surface area contributed by atoms with Gasteiger partial charge in [-0.1, -0.05) is 11.6 Å². The summed E-state index contributed by atoms with van der Waals surface area (Å²) in [5, 5.41) is 10.9. The maximum absolute atomic E-state index is 12.8. The van der Waals surface area contributed by atoms with E-state index < -0.39 is 6.10 Å². The number of pyridine rings is 1. The molecule has 1 unspecified atom stereocenters. The van der Waals surface area contributed by atoms with Crippen LogP contribution >= 0.6 is 11.6 Å². The van der Waals surface area contributed by atoms with Crippen LogP contribution < -0.4 is 5.43 Å². The standard InChI is InChI=1S/C18H16ClNO3/c1-9-7-13-16(22)10(2)17(12-5-4-6-20-8-12)23-18(13)14(11(3)21)15(9)19/h4-8,11,21H,1-3H3. The van der Waals surface area contributed by atoms with Crippen molar-refractivity contribution in [2.45, 2.75) is 26.9 Å². The molecular formula is C18H16ClNO3. The largest absolute Gasteiger partial charge is 0.455 e.